The van der Waals surface area contributed by atoms with Gasteiger partial charge in [0.2, 0.25) is 0 Å². The summed E-state index contributed by atoms with van der Waals surface area (Å²) in [5, 5.41) is 9.22. The zero-order chi connectivity index (χ0) is 21.3. The molecule has 154 valence electrons. The molecule has 0 amide bonds. The quantitative estimate of drug-likeness (QED) is 0.695. The maximum atomic E-state index is 13.1. The van der Waals surface area contributed by atoms with Crippen molar-refractivity contribution in [2.75, 3.05) is 13.7 Å². The summed E-state index contributed by atoms with van der Waals surface area (Å²) in [5.74, 6) is 0.226. The number of aromatic nitrogens is 2. The van der Waals surface area contributed by atoms with Crippen LogP contribution in [0.1, 0.15) is 46.9 Å². The van der Waals surface area contributed by atoms with E-state index in [1.54, 1.807) is 13.2 Å². The van der Waals surface area contributed by atoms with Crippen LogP contribution < -0.4 is 15.0 Å². The van der Waals surface area contributed by atoms with Crippen molar-refractivity contribution < 1.29 is 19.4 Å². The number of allylic oxidation sites excluding steroid dienone is 1. The van der Waals surface area contributed by atoms with Gasteiger partial charge in [-0.3, -0.25) is 9.20 Å². The van der Waals surface area contributed by atoms with Crippen molar-refractivity contribution in [3.05, 3.63) is 69.3 Å². The highest BCUT2D eigenvalue weighted by atomic mass is 16.5. The van der Waals surface area contributed by atoms with Crippen LogP contribution in [0, 0.1) is 0 Å². The predicted molar refractivity (Wildman–Crippen MR) is 113 cm³/mol. The van der Waals surface area contributed by atoms with Gasteiger partial charge in [0.25, 0.3) is 5.56 Å². The first-order valence-corrected chi connectivity index (χ1v) is 9.82. The lowest BCUT2D eigenvalue weighted by atomic mass is 9.90. The maximum absolute atomic E-state index is 13.1. The van der Waals surface area contributed by atoms with Crippen molar-refractivity contribution >= 4 is 23.3 Å². The Morgan fingerprint density at radius 2 is 2.10 bits per heavy atom. The Morgan fingerprint density at radius 1 is 1.27 bits per heavy atom. The molecule has 1 aliphatic rings. The van der Waals surface area contributed by atoms with E-state index in [-0.39, 0.29) is 11.1 Å². The number of carbonyl (C=O) groups is 1. The number of methoxy groups -OCH3 is 1. The third kappa shape index (κ3) is 3.43. The summed E-state index contributed by atoms with van der Waals surface area (Å²) in [5.41, 5.74) is 3.33. The van der Waals surface area contributed by atoms with E-state index in [1.807, 2.05) is 31.2 Å². The molecule has 0 saturated heterocycles. The van der Waals surface area contributed by atoms with Gasteiger partial charge in [-0.25, -0.2) is 9.78 Å². The molecular weight excluding hydrogens is 384 g/mol. The number of nitrogens with zero attached hydrogens (tertiary/aromatic N) is 2. The first kappa shape index (κ1) is 19.7. The van der Waals surface area contributed by atoms with Gasteiger partial charge in [-0.1, -0.05) is 12.1 Å². The van der Waals surface area contributed by atoms with Crippen LogP contribution in [0.25, 0.3) is 17.3 Å². The van der Waals surface area contributed by atoms with E-state index in [4.69, 9.17) is 14.5 Å². The summed E-state index contributed by atoms with van der Waals surface area (Å²) >= 11 is 0. The Bertz CT molecular complexity index is 1230. The number of benzene rings is 1. The number of para-hydroxylation sites is 1. The van der Waals surface area contributed by atoms with Gasteiger partial charge < -0.3 is 14.6 Å². The molecule has 0 radical (unpaired) electrons. The van der Waals surface area contributed by atoms with E-state index in [1.165, 1.54) is 16.7 Å². The normalized spacial score (nSPS) is 14.5. The Balaban J connectivity index is 1.88. The van der Waals surface area contributed by atoms with Crippen LogP contribution in [-0.2, 0) is 6.42 Å². The molecule has 0 fully saturated rings. The average Bonchev–Trinajstić information content (AvgIpc) is 2.75. The van der Waals surface area contributed by atoms with Crippen LogP contribution in [0.2, 0.25) is 0 Å². The number of hydrogen-bond acceptors (Lipinski definition) is 5. The van der Waals surface area contributed by atoms with Gasteiger partial charge in [0.05, 0.1) is 25.0 Å². The van der Waals surface area contributed by atoms with Crippen molar-refractivity contribution in [1.82, 2.24) is 9.38 Å². The lowest BCUT2D eigenvalue weighted by molar-refractivity contribution is 0.0696. The number of pyridine rings is 1. The lowest BCUT2D eigenvalue weighted by Gasteiger charge is -2.19. The molecule has 7 heteroatoms. The number of aromatic carboxylic acids is 1. The zero-order valence-electron chi connectivity index (χ0n) is 16.8. The summed E-state index contributed by atoms with van der Waals surface area (Å²) in [4.78, 5) is 29.0. The van der Waals surface area contributed by atoms with E-state index in [2.05, 4.69) is 0 Å². The summed E-state index contributed by atoms with van der Waals surface area (Å²) in [6, 6.07) is 8.72. The third-order valence-corrected chi connectivity index (χ3v) is 5.18. The topological polar surface area (TPSA) is 90.1 Å². The van der Waals surface area contributed by atoms with Gasteiger partial charge in [-0.05, 0) is 56.0 Å². The molecule has 30 heavy (non-hydrogen) atoms. The molecular formula is C23H22N2O5. The SMILES string of the molecule is CCOc1cccc(/C=C2\CCCc3c2nc2ccc(C(=O)O)cn2c3=O)c1OC. The van der Waals surface area contributed by atoms with Crippen LogP contribution >= 0.6 is 0 Å². The molecule has 0 atom stereocenters. The van der Waals surface area contributed by atoms with Crippen molar-refractivity contribution in [1.29, 1.82) is 0 Å². The lowest BCUT2D eigenvalue weighted by Crippen LogP contribution is -2.25. The molecule has 3 aromatic rings. The molecule has 4 rings (SSSR count). The molecule has 0 bridgehead atoms. The number of carboxylic acids is 1. The second kappa shape index (κ2) is 8.02. The standard InChI is InChI=1S/C23H22N2O5/c1-3-30-18-9-5-7-15(21(18)29-2)12-14-6-4-8-17-20(14)24-19-11-10-16(23(27)28)13-25(19)22(17)26/h5,7,9-13H,3-4,6,8H2,1-2H3,(H,27,28)/b14-12+. The van der Waals surface area contributed by atoms with Crippen molar-refractivity contribution in [2.45, 2.75) is 26.2 Å². The minimum atomic E-state index is -1.08. The van der Waals surface area contributed by atoms with E-state index in [0.717, 1.165) is 24.0 Å². The molecule has 0 saturated carbocycles. The van der Waals surface area contributed by atoms with E-state index < -0.39 is 5.97 Å². The van der Waals surface area contributed by atoms with Crippen LogP contribution in [0.4, 0.5) is 0 Å². The average molecular weight is 406 g/mol. The van der Waals surface area contributed by atoms with Crippen LogP contribution in [0.15, 0.2) is 41.3 Å². The first-order valence-electron chi connectivity index (χ1n) is 9.82. The summed E-state index contributed by atoms with van der Waals surface area (Å²) in [6.07, 6.45) is 5.53. The van der Waals surface area contributed by atoms with Gasteiger partial charge >= 0.3 is 5.97 Å². The van der Waals surface area contributed by atoms with Gasteiger partial charge in [0.15, 0.2) is 11.5 Å². The minimum Gasteiger partial charge on any atom is -0.492 e. The fourth-order valence-electron chi connectivity index (χ4n) is 3.83. The predicted octanol–water partition coefficient (Wildman–Crippen LogP) is 3.68. The highest BCUT2D eigenvalue weighted by molar-refractivity contribution is 5.88. The summed E-state index contributed by atoms with van der Waals surface area (Å²) in [7, 11) is 1.60. The Kier molecular flexibility index (Phi) is 5.27. The summed E-state index contributed by atoms with van der Waals surface area (Å²) < 4.78 is 12.6. The fourth-order valence-corrected chi connectivity index (χ4v) is 3.83. The monoisotopic (exact) mass is 406 g/mol. The number of ether oxygens (including phenoxy) is 2. The van der Waals surface area contributed by atoms with E-state index >= 15 is 0 Å². The first-order chi connectivity index (χ1) is 14.5. The van der Waals surface area contributed by atoms with Gasteiger partial charge in [0.1, 0.15) is 5.65 Å². The molecule has 0 aliphatic heterocycles. The summed E-state index contributed by atoms with van der Waals surface area (Å²) in [6.45, 7) is 2.45. The van der Waals surface area contributed by atoms with Crippen LogP contribution in [0.5, 0.6) is 11.5 Å². The minimum absolute atomic E-state index is 0.0513. The Hall–Kier alpha value is -3.61. The van der Waals surface area contributed by atoms with Crippen LogP contribution in [-0.4, -0.2) is 34.2 Å². The highest BCUT2D eigenvalue weighted by Crippen LogP contribution is 2.36. The molecule has 0 spiro atoms. The number of carboxylic acid groups (broad SMARTS) is 1. The third-order valence-electron chi connectivity index (χ3n) is 5.18. The van der Waals surface area contributed by atoms with E-state index in [9.17, 15) is 14.7 Å². The maximum Gasteiger partial charge on any atom is 0.337 e. The number of fused-ring (bicyclic) bond motifs is 2. The Morgan fingerprint density at radius 3 is 2.83 bits per heavy atom. The zero-order valence-corrected chi connectivity index (χ0v) is 16.8. The largest absolute Gasteiger partial charge is 0.492 e. The van der Waals surface area contributed by atoms with E-state index in [0.29, 0.717) is 41.4 Å². The second-order valence-corrected chi connectivity index (χ2v) is 7.03. The Labute approximate surface area is 173 Å². The molecule has 1 N–H and O–H groups in total. The van der Waals surface area contributed by atoms with Crippen molar-refractivity contribution in [2.24, 2.45) is 0 Å². The molecule has 2 heterocycles. The number of rotatable bonds is 5. The van der Waals surface area contributed by atoms with Gasteiger partial charge in [-0.2, -0.15) is 0 Å². The molecule has 1 aliphatic carbocycles. The molecule has 7 nitrogen and oxygen atoms in total. The van der Waals surface area contributed by atoms with Gasteiger partial charge in [0, 0.05) is 17.3 Å². The molecule has 1 aromatic carbocycles. The van der Waals surface area contributed by atoms with Crippen molar-refractivity contribution in [3.8, 4) is 11.5 Å². The van der Waals surface area contributed by atoms with Gasteiger partial charge in [-0.15, -0.1) is 0 Å². The molecule has 0 unspecified atom stereocenters. The molecule has 2 aromatic heterocycles. The fraction of sp³-hybridized carbons (Fsp3) is 0.261. The van der Waals surface area contributed by atoms with Crippen LogP contribution in [0.3, 0.4) is 0 Å². The number of hydrogen-bond donors (Lipinski definition) is 1. The highest BCUT2D eigenvalue weighted by Gasteiger charge is 2.22. The smallest absolute Gasteiger partial charge is 0.337 e. The van der Waals surface area contributed by atoms with Crippen molar-refractivity contribution in [3.63, 3.8) is 0 Å². The second-order valence-electron chi connectivity index (χ2n) is 7.03.